The predicted octanol–water partition coefficient (Wildman–Crippen LogP) is 6.33. The van der Waals surface area contributed by atoms with Crippen molar-refractivity contribution < 1.29 is 13.5 Å². The summed E-state index contributed by atoms with van der Waals surface area (Å²) in [5, 5.41) is 5.66. The molecule has 2 aromatic heterocycles. The molecule has 7 heteroatoms. The summed E-state index contributed by atoms with van der Waals surface area (Å²) >= 11 is 1.44. The average molecular weight is 395 g/mol. The number of aromatic nitrogens is 2. The highest BCUT2D eigenvalue weighted by Gasteiger charge is 2.16. The second-order valence-electron chi connectivity index (χ2n) is 6.00. The van der Waals surface area contributed by atoms with Gasteiger partial charge in [-0.1, -0.05) is 36.4 Å². The maximum Gasteiger partial charge on any atom is 0.198 e. The van der Waals surface area contributed by atoms with E-state index in [2.05, 4.69) is 15.3 Å². The smallest absolute Gasteiger partial charge is 0.198 e. The molecule has 0 aliphatic rings. The van der Waals surface area contributed by atoms with Crippen molar-refractivity contribution in [3.63, 3.8) is 0 Å². The standard InChI is InChI=1S/C21H15F2N3OS/c1-13-12-28-21(25-13)26-19-10-18(27-20-16(22)8-5-9-17(20)23)15(11-24-19)14-6-3-2-4-7-14/h2-12H,1H3,(H,24,25,26). The predicted molar refractivity (Wildman–Crippen MR) is 106 cm³/mol. The van der Waals surface area contributed by atoms with E-state index in [9.17, 15) is 8.78 Å². The van der Waals surface area contributed by atoms with Crippen LogP contribution in [-0.2, 0) is 0 Å². The first-order valence-electron chi connectivity index (χ1n) is 8.46. The Bertz CT molecular complexity index is 1100. The van der Waals surface area contributed by atoms with Crippen molar-refractivity contribution in [1.29, 1.82) is 0 Å². The van der Waals surface area contributed by atoms with E-state index in [1.165, 1.54) is 17.4 Å². The zero-order valence-electron chi connectivity index (χ0n) is 14.8. The summed E-state index contributed by atoms with van der Waals surface area (Å²) < 4.78 is 33.9. The Hall–Kier alpha value is -3.32. The van der Waals surface area contributed by atoms with Crippen molar-refractivity contribution in [1.82, 2.24) is 9.97 Å². The van der Waals surface area contributed by atoms with Gasteiger partial charge in [-0.05, 0) is 24.6 Å². The van der Waals surface area contributed by atoms with E-state index in [4.69, 9.17) is 4.74 Å². The van der Waals surface area contributed by atoms with Crippen LogP contribution in [0.15, 0.2) is 66.2 Å². The van der Waals surface area contributed by atoms with E-state index in [-0.39, 0.29) is 5.75 Å². The zero-order chi connectivity index (χ0) is 19.5. The Morgan fingerprint density at radius 2 is 1.75 bits per heavy atom. The molecule has 2 heterocycles. The van der Waals surface area contributed by atoms with Gasteiger partial charge >= 0.3 is 0 Å². The van der Waals surface area contributed by atoms with Crippen LogP contribution in [0.3, 0.4) is 0 Å². The van der Waals surface area contributed by atoms with Gasteiger partial charge in [-0.3, -0.25) is 0 Å². The molecule has 0 amide bonds. The molecule has 0 fully saturated rings. The fraction of sp³-hybridized carbons (Fsp3) is 0.0476. The number of thiazole rings is 1. The Labute approximate surface area is 164 Å². The van der Waals surface area contributed by atoms with E-state index in [0.29, 0.717) is 16.5 Å². The number of halogens is 2. The maximum absolute atomic E-state index is 14.1. The van der Waals surface area contributed by atoms with Gasteiger partial charge in [-0.2, -0.15) is 0 Å². The van der Waals surface area contributed by atoms with Crippen LogP contribution in [0, 0.1) is 18.6 Å². The maximum atomic E-state index is 14.1. The van der Waals surface area contributed by atoms with Crippen LogP contribution in [0.1, 0.15) is 5.69 Å². The largest absolute Gasteiger partial charge is 0.450 e. The van der Waals surface area contributed by atoms with Crippen LogP contribution in [0.2, 0.25) is 0 Å². The number of nitrogens with one attached hydrogen (secondary N) is 1. The van der Waals surface area contributed by atoms with E-state index >= 15 is 0 Å². The van der Waals surface area contributed by atoms with Crippen molar-refractivity contribution in [3.05, 3.63) is 83.5 Å². The Kier molecular flexibility index (Phi) is 4.99. The van der Waals surface area contributed by atoms with Crippen LogP contribution < -0.4 is 10.1 Å². The molecule has 0 aliphatic carbocycles. The second-order valence-corrected chi connectivity index (χ2v) is 6.86. The Morgan fingerprint density at radius 3 is 2.43 bits per heavy atom. The van der Waals surface area contributed by atoms with Crippen LogP contribution in [0.25, 0.3) is 11.1 Å². The minimum atomic E-state index is -0.777. The van der Waals surface area contributed by atoms with Gasteiger partial charge in [0.25, 0.3) is 0 Å². The summed E-state index contributed by atoms with van der Waals surface area (Å²) in [6.45, 7) is 1.89. The van der Waals surface area contributed by atoms with E-state index < -0.39 is 17.4 Å². The monoisotopic (exact) mass is 395 g/mol. The minimum absolute atomic E-state index is 0.279. The summed E-state index contributed by atoms with van der Waals surface area (Å²) in [6.07, 6.45) is 1.60. The van der Waals surface area contributed by atoms with Gasteiger partial charge < -0.3 is 10.1 Å². The summed E-state index contributed by atoms with van der Waals surface area (Å²) in [5.41, 5.74) is 2.32. The number of hydrogen-bond donors (Lipinski definition) is 1. The fourth-order valence-electron chi connectivity index (χ4n) is 2.64. The first-order chi connectivity index (χ1) is 13.6. The number of ether oxygens (including phenoxy) is 1. The van der Waals surface area contributed by atoms with E-state index in [1.54, 1.807) is 12.3 Å². The molecule has 0 radical (unpaired) electrons. The van der Waals surface area contributed by atoms with Gasteiger partial charge in [0.2, 0.25) is 0 Å². The van der Waals surface area contributed by atoms with E-state index in [0.717, 1.165) is 23.4 Å². The molecule has 0 atom stereocenters. The van der Waals surface area contributed by atoms with E-state index in [1.807, 2.05) is 42.6 Å². The SMILES string of the molecule is Cc1csc(Nc2cc(Oc3c(F)cccc3F)c(-c3ccccc3)cn2)n1. The average Bonchev–Trinajstić information content (AvgIpc) is 3.10. The third kappa shape index (κ3) is 3.84. The normalized spacial score (nSPS) is 10.7. The van der Waals surface area contributed by atoms with Crippen LogP contribution in [-0.4, -0.2) is 9.97 Å². The minimum Gasteiger partial charge on any atom is -0.450 e. The first-order valence-corrected chi connectivity index (χ1v) is 9.34. The quantitative estimate of drug-likeness (QED) is 0.429. The van der Waals surface area contributed by atoms with Crippen molar-refractivity contribution >= 4 is 22.3 Å². The Morgan fingerprint density at radius 1 is 1.00 bits per heavy atom. The highest BCUT2D eigenvalue weighted by Crippen LogP contribution is 2.37. The lowest BCUT2D eigenvalue weighted by atomic mass is 10.1. The molecule has 0 unspecified atom stereocenters. The number of anilines is 2. The lowest BCUT2D eigenvalue weighted by molar-refractivity contribution is 0.408. The molecule has 0 saturated carbocycles. The molecule has 28 heavy (non-hydrogen) atoms. The molecule has 4 aromatic rings. The van der Waals surface area contributed by atoms with Gasteiger partial charge in [-0.15, -0.1) is 11.3 Å². The van der Waals surface area contributed by atoms with Crippen LogP contribution >= 0.6 is 11.3 Å². The number of rotatable bonds is 5. The number of para-hydroxylation sites is 1. The van der Waals surface area contributed by atoms with Gasteiger partial charge in [0, 0.05) is 23.2 Å². The van der Waals surface area contributed by atoms with Crippen LogP contribution in [0.4, 0.5) is 19.7 Å². The molecule has 0 spiro atoms. The number of hydrogen-bond acceptors (Lipinski definition) is 5. The number of aryl methyl sites for hydroxylation is 1. The van der Waals surface area contributed by atoms with Gasteiger partial charge in [0.1, 0.15) is 11.6 Å². The third-order valence-electron chi connectivity index (χ3n) is 3.94. The summed E-state index contributed by atoms with van der Waals surface area (Å²) in [5.74, 6) is -1.27. The summed E-state index contributed by atoms with van der Waals surface area (Å²) in [6, 6.07) is 14.6. The molecule has 0 bridgehead atoms. The lowest BCUT2D eigenvalue weighted by Crippen LogP contribution is -1.98. The molecular formula is C21H15F2N3OS. The summed E-state index contributed by atoms with van der Waals surface area (Å²) in [4.78, 5) is 8.73. The zero-order valence-corrected chi connectivity index (χ0v) is 15.6. The van der Waals surface area contributed by atoms with Crippen LogP contribution in [0.5, 0.6) is 11.5 Å². The molecule has 0 aliphatic heterocycles. The van der Waals surface area contributed by atoms with Gasteiger partial charge in [0.05, 0.1) is 5.69 Å². The highest BCUT2D eigenvalue weighted by atomic mass is 32.1. The molecule has 4 nitrogen and oxygen atoms in total. The van der Waals surface area contributed by atoms with Crippen molar-refractivity contribution in [2.75, 3.05) is 5.32 Å². The van der Waals surface area contributed by atoms with Crippen molar-refractivity contribution in [2.45, 2.75) is 6.92 Å². The molecule has 140 valence electrons. The third-order valence-corrected chi connectivity index (χ3v) is 4.81. The van der Waals surface area contributed by atoms with Crippen molar-refractivity contribution in [2.24, 2.45) is 0 Å². The van der Waals surface area contributed by atoms with Gasteiger partial charge in [0.15, 0.2) is 22.5 Å². The Balaban J connectivity index is 1.76. The van der Waals surface area contributed by atoms with Crippen molar-refractivity contribution in [3.8, 4) is 22.6 Å². The number of pyridine rings is 1. The topological polar surface area (TPSA) is 47.0 Å². The van der Waals surface area contributed by atoms with Gasteiger partial charge in [-0.25, -0.2) is 18.7 Å². The molecule has 2 aromatic carbocycles. The molecule has 1 N–H and O–H groups in total. The summed E-state index contributed by atoms with van der Waals surface area (Å²) in [7, 11) is 0. The molecule has 0 saturated heterocycles. The number of nitrogens with zero attached hydrogens (tertiary/aromatic N) is 2. The first kappa shape index (κ1) is 18.1. The lowest BCUT2D eigenvalue weighted by Gasteiger charge is -2.14. The molecular weight excluding hydrogens is 380 g/mol. The number of benzene rings is 2. The highest BCUT2D eigenvalue weighted by molar-refractivity contribution is 7.13. The molecule has 4 rings (SSSR count). The fourth-order valence-corrected chi connectivity index (χ4v) is 3.33. The second kappa shape index (κ2) is 7.74.